The molecule has 1 N–H and O–H groups in total. The number of pyridine rings is 1. The molecule has 0 saturated carbocycles. The lowest BCUT2D eigenvalue weighted by Gasteiger charge is -2.27. The third kappa shape index (κ3) is 4.43. The second-order valence-electron chi connectivity index (χ2n) is 6.97. The molecule has 0 spiro atoms. The van der Waals surface area contributed by atoms with Crippen LogP contribution in [0.15, 0.2) is 12.3 Å². The molecule has 7 heteroatoms. The minimum atomic E-state index is -0.0479. The normalized spacial score (nSPS) is 23.9. The van der Waals surface area contributed by atoms with Gasteiger partial charge < -0.3 is 19.7 Å². The van der Waals surface area contributed by atoms with E-state index < -0.39 is 0 Å². The molecule has 0 aliphatic carbocycles. The van der Waals surface area contributed by atoms with Gasteiger partial charge in [0.05, 0.1) is 29.9 Å². The van der Waals surface area contributed by atoms with Crippen LogP contribution in [0.2, 0.25) is 5.02 Å². The molecule has 0 unspecified atom stereocenters. The summed E-state index contributed by atoms with van der Waals surface area (Å²) in [6.07, 6.45) is 2.91. The molecule has 138 valence electrons. The Balaban J connectivity index is 1.61. The molecular weight excluding hydrogens is 342 g/mol. The second-order valence-corrected chi connectivity index (χ2v) is 7.38. The van der Waals surface area contributed by atoms with Crippen molar-refractivity contribution < 1.29 is 14.3 Å². The first-order valence-corrected chi connectivity index (χ1v) is 9.32. The number of anilines is 1. The summed E-state index contributed by atoms with van der Waals surface area (Å²) < 4.78 is 11.1. The van der Waals surface area contributed by atoms with Gasteiger partial charge in [0.2, 0.25) is 0 Å². The third-order valence-electron chi connectivity index (χ3n) is 4.84. The summed E-state index contributed by atoms with van der Waals surface area (Å²) in [5.74, 6) is 1.52. The summed E-state index contributed by atoms with van der Waals surface area (Å²) in [5, 5.41) is 3.79. The fourth-order valence-corrected chi connectivity index (χ4v) is 3.71. The maximum Gasteiger partial charge on any atom is 0.255 e. The first-order chi connectivity index (χ1) is 12.1. The van der Waals surface area contributed by atoms with Crippen LogP contribution in [0.25, 0.3) is 0 Å². The van der Waals surface area contributed by atoms with Crippen molar-refractivity contribution in [2.45, 2.75) is 26.4 Å². The average molecular weight is 368 g/mol. The number of carbonyl (C=O) groups is 1. The molecule has 0 aromatic carbocycles. The van der Waals surface area contributed by atoms with E-state index in [2.05, 4.69) is 24.1 Å². The van der Waals surface area contributed by atoms with Gasteiger partial charge in [-0.2, -0.15) is 0 Å². The van der Waals surface area contributed by atoms with Gasteiger partial charge in [0.25, 0.3) is 5.91 Å². The molecule has 1 aromatic heterocycles. The van der Waals surface area contributed by atoms with Crippen molar-refractivity contribution >= 4 is 23.3 Å². The first kappa shape index (κ1) is 18.4. The van der Waals surface area contributed by atoms with Crippen molar-refractivity contribution in [2.24, 2.45) is 11.8 Å². The highest BCUT2D eigenvalue weighted by molar-refractivity contribution is 6.33. The Morgan fingerprint density at radius 1 is 1.40 bits per heavy atom. The van der Waals surface area contributed by atoms with Gasteiger partial charge >= 0.3 is 0 Å². The van der Waals surface area contributed by atoms with E-state index in [0.717, 1.165) is 19.6 Å². The molecule has 1 amide bonds. The molecule has 2 atom stereocenters. The second kappa shape index (κ2) is 8.34. The van der Waals surface area contributed by atoms with Crippen molar-refractivity contribution in [1.29, 1.82) is 0 Å². The van der Waals surface area contributed by atoms with Gasteiger partial charge in [0.1, 0.15) is 5.82 Å². The minimum Gasteiger partial charge on any atom is -0.378 e. The maximum absolute atomic E-state index is 12.5. The largest absolute Gasteiger partial charge is 0.378 e. The molecule has 0 bridgehead atoms. The first-order valence-electron chi connectivity index (χ1n) is 8.94. The summed E-state index contributed by atoms with van der Waals surface area (Å²) in [6.45, 7) is 8.31. The van der Waals surface area contributed by atoms with Gasteiger partial charge in [0, 0.05) is 38.4 Å². The van der Waals surface area contributed by atoms with Crippen LogP contribution in [0.1, 0.15) is 30.6 Å². The number of rotatable bonds is 5. The van der Waals surface area contributed by atoms with Crippen LogP contribution < -0.4 is 5.32 Å². The van der Waals surface area contributed by atoms with Crippen molar-refractivity contribution in [3.05, 3.63) is 22.8 Å². The van der Waals surface area contributed by atoms with Crippen LogP contribution >= 0.6 is 11.6 Å². The van der Waals surface area contributed by atoms with Crippen LogP contribution in [0, 0.1) is 11.8 Å². The van der Waals surface area contributed by atoms with Crippen molar-refractivity contribution in [3.63, 3.8) is 0 Å². The van der Waals surface area contributed by atoms with Gasteiger partial charge in [-0.15, -0.1) is 0 Å². The van der Waals surface area contributed by atoms with E-state index in [1.165, 1.54) is 0 Å². The van der Waals surface area contributed by atoms with Crippen LogP contribution in [-0.2, 0) is 9.47 Å². The lowest BCUT2D eigenvalue weighted by molar-refractivity contribution is 0.0302. The predicted molar refractivity (Wildman–Crippen MR) is 97.1 cm³/mol. The van der Waals surface area contributed by atoms with E-state index in [1.54, 1.807) is 17.2 Å². The molecule has 0 radical (unpaired) electrons. The predicted octanol–water partition coefficient (Wildman–Crippen LogP) is 2.68. The standard InChI is InChI=1S/C18H26ClN3O3/c1-12(2)16-13(3-6-25-16)10-20-17-15(19)9-14(11-21-17)18(23)22-4-7-24-8-5-22/h9,11-13,16H,3-8,10H2,1-2H3,(H,20,21)/t13-,16-/m1/s1. The topological polar surface area (TPSA) is 63.7 Å². The van der Waals surface area contributed by atoms with E-state index >= 15 is 0 Å². The van der Waals surface area contributed by atoms with Crippen molar-refractivity contribution in [3.8, 4) is 0 Å². The number of hydrogen-bond donors (Lipinski definition) is 1. The fourth-order valence-electron chi connectivity index (χ4n) is 3.47. The maximum atomic E-state index is 12.5. The number of aromatic nitrogens is 1. The number of halogens is 1. The summed E-state index contributed by atoms with van der Waals surface area (Å²) in [6, 6.07) is 1.69. The van der Waals surface area contributed by atoms with Gasteiger partial charge in [-0.1, -0.05) is 25.4 Å². The Morgan fingerprint density at radius 3 is 2.84 bits per heavy atom. The highest BCUT2D eigenvalue weighted by atomic mass is 35.5. The zero-order valence-corrected chi connectivity index (χ0v) is 15.6. The van der Waals surface area contributed by atoms with E-state index in [-0.39, 0.29) is 12.0 Å². The number of carbonyl (C=O) groups excluding carboxylic acids is 1. The Kier molecular flexibility index (Phi) is 6.15. The molecule has 2 fully saturated rings. The molecule has 2 aliphatic rings. The minimum absolute atomic E-state index is 0.0479. The quantitative estimate of drug-likeness (QED) is 0.866. The molecule has 2 saturated heterocycles. The number of amides is 1. The lowest BCUT2D eigenvalue weighted by atomic mass is 9.93. The SMILES string of the molecule is CC(C)[C@H]1OCC[C@@H]1CNc1ncc(C(=O)N2CCOCC2)cc1Cl. The summed E-state index contributed by atoms with van der Waals surface area (Å²) in [7, 11) is 0. The molecule has 2 aliphatic heterocycles. The Bertz CT molecular complexity index is 605. The zero-order chi connectivity index (χ0) is 17.8. The van der Waals surface area contributed by atoms with Crippen LogP contribution in [-0.4, -0.2) is 61.3 Å². The zero-order valence-electron chi connectivity index (χ0n) is 14.8. The monoisotopic (exact) mass is 367 g/mol. The van der Waals surface area contributed by atoms with E-state index in [1.807, 2.05) is 0 Å². The van der Waals surface area contributed by atoms with Crippen LogP contribution in [0.3, 0.4) is 0 Å². The highest BCUT2D eigenvalue weighted by Crippen LogP contribution is 2.28. The van der Waals surface area contributed by atoms with Crippen molar-refractivity contribution in [2.75, 3.05) is 44.8 Å². The van der Waals surface area contributed by atoms with Crippen molar-refractivity contribution in [1.82, 2.24) is 9.88 Å². The fraction of sp³-hybridized carbons (Fsp3) is 0.667. The van der Waals surface area contributed by atoms with Gasteiger partial charge in [-0.3, -0.25) is 4.79 Å². The lowest BCUT2D eigenvalue weighted by Crippen LogP contribution is -2.40. The average Bonchev–Trinajstić information content (AvgIpc) is 3.09. The number of nitrogens with zero attached hydrogens (tertiary/aromatic N) is 2. The Hall–Kier alpha value is -1.37. The smallest absolute Gasteiger partial charge is 0.255 e. The molecular formula is C18H26ClN3O3. The summed E-state index contributed by atoms with van der Waals surface area (Å²) >= 11 is 6.35. The van der Waals surface area contributed by atoms with E-state index in [0.29, 0.717) is 54.5 Å². The Labute approximate surface area is 153 Å². The van der Waals surface area contributed by atoms with E-state index in [9.17, 15) is 4.79 Å². The summed E-state index contributed by atoms with van der Waals surface area (Å²) in [4.78, 5) is 18.6. The molecule has 1 aromatic rings. The number of hydrogen-bond acceptors (Lipinski definition) is 5. The molecule has 3 heterocycles. The van der Waals surface area contributed by atoms with Crippen LogP contribution in [0.5, 0.6) is 0 Å². The number of ether oxygens (including phenoxy) is 2. The molecule has 6 nitrogen and oxygen atoms in total. The van der Waals surface area contributed by atoms with Gasteiger partial charge in [-0.05, 0) is 18.4 Å². The summed E-state index contributed by atoms with van der Waals surface area (Å²) in [5.41, 5.74) is 0.515. The molecule has 3 rings (SSSR count). The van der Waals surface area contributed by atoms with Crippen LogP contribution in [0.4, 0.5) is 5.82 Å². The van der Waals surface area contributed by atoms with Gasteiger partial charge in [-0.25, -0.2) is 4.98 Å². The van der Waals surface area contributed by atoms with E-state index in [4.69, 9.17) is 21.1 Å². The molecule has 25 heavy (non-hydrogen) atoms. The highest BCUT2D eigenvalue weighted by Gasteiger charge is 2.30. The Morgan fingerprint density at radius 2 is 2.16 bits per heavy atom. The third-order valence-corrected chi connectivity index (χ3v) is 5.13. The number of nitrogens with one attached hydrogen (secondary N) is 1. The van der Waals surface area contributed by atoms with Gasteiger partial charge in [0.15, 0.2) is 0 Å². The number of morpholine rings is 1.